The van der Waals surface area contributed by atoms with E-state index in [-0.39, 0.29) is 0 Å². The van der Waals surface area contributed by atoms with Gasteiger partial charge in [0.1, 0.15) is 0 Å². The van der Waals surface area contributed by atoms with Crippen molar-refractivity contribution in [3.8, 4) is 0 Å². The van der Waals surface area contributed by atoms with E-state index in [4.69, 9.17) is 0 Å². The fraction of sp³-hybridized carbons (Fsp3) is 0.923. The van der Waals surface area contributed by atoms with Crippen LogP contribution < -0.4 is 0 Å². The van der Waals surface area contributed by atoms with Crippen LogP contribution in [0.1, 0.15) is 39.5 Å². The van der Waals surface area contributed by atoms with Gasteiger partial charge in [0.25, 0.3) is 0 Å². The van der Waals surface area contributed by atoms with Crippen molar-refractivity contribution in [3.05, 3.63) is 0 Å². The van der Waals surface area contributed by atoms with Gasteiger partial charge in [0.15, 0.2) is 0 Å². The topological polar surface area (TPSA) is 15.6 Å². The minimum atomic E-state index is 0.620. The Morgan fingerprint density at radius 2 is 2.07 bits per heavy atom. The summed E-state index contributed by atoms with van der Waals surface area (Å²) in [5.41, 5.74) is 0.620. The van der Waals surface area contributed by atoms with Gasteiger partial charge in [0.05, 0.1) is 0 Å². The third kappa shape index (κ3) is 1.91. The molecule has 2 bridgehead atoms. The van der Waals surface area contributed by atoms with Gasteiger partial charge in [-0.05, 0) is 48.9 Å². The van der Waals surface area contributed by atoms with Crippen LogP contribution in [0.4, 0.5) is 0 Å². The zero-order valence-corrected chi connectivity index (χ0v) is 10.5. The van der Waals surface area contributed by atoms with Crippen LogP contribution in [-0.4, -0.2) is 25.3 Å². The molecular weight excluding hydrogens is 184 g/mol. The molecule has 2 nitrogen and oxygen atoms in total. The number of rotatable bonds is 3. The van der Waals surface area contributed by atoms with Crippen LogP contribution in [0.15, 0.2) is 5.10 Å². The molecule has 0 aliphatic heterocycles. The molecule has 3 atom stereocenters. The standard InChI is InChI=1S/C13H24N2/c1-13(2)11-6-5-10(12(13)9-11)7-8-14-15(3)4/h8,10-12H,5-7,9H2,1-4H3/b14-8-. The van der Waals surface area contributed by atoms with Gasteiger partial charge in [-0.25, -0.2) is 0 Å². The first-order valence-electron chi connectivity index (χ1n) is 6.21. The van der Waals surface area contributed by atoms with E-state index in [2.05, 4.69) is 25.2 Å². The molecule has 3 rings (SSSR count). The van der Waals surface area contributed by atoms with Crippen LogP contribution in [0.3, 0.4) is 0 Å². The van der Waals surface area contributed by atoms with Gasteiger partial charge < -0.3 is 5.01 Å². The Labute approximate surface area is 93.7 Å². The lowest BCUT2D eigenvalue weighted by Gasteiger charge is -2.60. The molecule has 0 saturated heterocycles. The van der Waals surface area contributed by atoms with Crippen molar-refractivity contribution in [1.82, 2.24) is 5.01 Å². The molecule has 0 radical (unpaired) electrons. The maximum atomic E-state index is 4.33. The summed E-state index contributed by atoms with van der Waals surface area (Å²) in [4.78, 5) is 0. The molecule has 3 aliphatic carbocycles. The fourth-order valence-corrected chi connectivity index (χ4v) is 3.59. The summed E-state index contributed by atoms with van der Waals surface area (Å²) in [6.45, 7) is 4.92. The van der Waals surface area contributed by atoms with Gasteiger partial charge >= 0.3 is 0 Å². The SMILES string of the molecule is CN(C)/N=C\CC1CCC2CC1C2(C)C. The van der Waals surface area contributed by atoms with Crippen LogP contribution >= 0.6 is 0 Å². The molecule has 0 heterocycles. The molecule has 3 saturated carbocycles. The fourth-order valence-electron chi connectivity index (χ4n) is 3.59. The van der Waals surface area contributed by atoms with Crippen LogP contribution in [0.25, 0.3) is 0 Å². The zero-order valence-electron chi connectivity index (χ0n) is 10.5. The summed E-state index contributed by atoms with van der Waals surface area (Å²) in [7, 11) is 3.97. The van der Waals surface area contributed by atoms with E-state index in [1.165, 1.54) is 25.7 Å². The Bertz CT molecular complexity index is 253. The van der Waals surface area contributed by atoms with E-state index in [0.29, 0.717) is 5.41 Å². The Hall–Kier alpha value is -0.530. The largest absolute Gasteiger partial charge is 0.303 e. The van der Waals surface area contributed by atoms with E-state index in [1.807, 2.05) is 19.1 Å². The molecule has 0 N–H and O–H groups in total. The Balaban J connectivity index is 1.89. The molecule has 0 amide bonds. The monoisotopic (exact) mass is 208 g/mol. The van der Waals surface area contributed by atoms with Gasteiger partial charge in [-0.3, -0.25) is 0 Å². The Morgan fingerprint density at radius 3 is 2.60 bits per heavy atom. The van der Waals surface area contributed by atoms with Crippen LogP contribution in [0.2, 0.25) is 0 Å². The van der Waals surface area contributed by atoms with Gasteiger partial charge in [-0.15, -0.1) is 0 Å². The number of hydrazone groups is 1. The second-order valence-electron chi connectivity index (χ2n) is 6.08. The minimum Gasteiger partial charge on any atom is -0.303 e. The van der Waals surface area contributed by atoms with Crippen LogP contribution in [-0.2, 0) is 0 Å². The summed E-state index contributed by atoms with van der Waals surface area (Å²) in [6.07, 6.45) is 7.65. The molecule has 0 aromatic heterocycles. The number of hydrogen-bond donors (Lipinski definition) is 0. The summed E-state index contributed by atoms with van der Waals surface area (Å²) in [5, 5.41) is 6.21. The zero-order chi connectivity index (χ0) is 11.1. The van der Waals surface area contributed by atoms with Crippen LogP contribution in [0.5, 0.6) is 0 Å². The number of fused-ring (bicyclic) bond motifs is 2. The number of hydrogen-bond acceptors (Lipinski definition) is 2. The van der Waals surface area contributed by atoms with Crippen molar-refractivity contribution in [2.45, 2.75) is 39.5 Å². The lowest BCUT2D eigenvalue weighted by atomic mass is 9.45. The first kappa shape index (κ1) is 11.0. The summed E-state index contributed by atoms with van der Waals surface area (Å²) < 4.78 is 0. The smallest absolute Gasteiger partial charge is 0.0247 e. The van der Waals surface area contributed by atoms with Crippen LogP contribution in [0, 0.1) is 23.2 Å². The van der Waals surface area contributed by atoms with Crippen molar-refractivity contribution < 1.29 is 0 Å². The highest BCUT2D eigenvalue weighted by atomic mass is 15.4. The van der Waals surface area contributed by atoms with Crippen molar-refractivity contribution in [2.75, 3.05) is 14.1 Å². The molecule has 15 heavy (non-hydrogen) atoms. The van der Waals surface area contributed by atoms with Crippen molar-refractivity contribution in [2.24, 2.45) is 28.3 Å². The Kier molecular flexibility index (Phi) is 2.78. The molecule has 3 fully saturated rings. The average Bonchev–Trinajstić information content (AvgIpc) is 2.17. The summed E-state index contributed by atoms with van der Waals surface area (Å²) in [5.74, 6) is 2.88. The average molecular weight is 208 g/mol. The Morgan fingerprint density at radius 1 is 1.33 bits per heavy atom. The normalized spacial score (nSPS) is 37.7. The lowest BCUT2D eigenvalue weighted by molar-refractivity contribution is -0.102. The van der Waals surface area contributed by atoms with Crippen molar-refractivity contribution >= 4 is 6.21 Å². The molecule has 0 aromatic carbocycles. The second-order valence-corrected chi connectivity index (χ2v) is 6.08. The predicted molar refractivity (Wildman–Crippen MR) is 64.9 cm³/mol. The molecule has 0 spiro atoms. The molecule has 3 aliphatic rings. The van der Waals surface area contributed by atoms with Gasteiger partial charge in [0, 0.05) is 20.3 Å². The molecule has 2 heteroatoms. The first-order chi connectivity index (χ1) is 7.01. The lowest BCUT2D eigenvalue weighted by Crippen LogP contribution is -2.52. The van der Waals surface area contributed by atoms with E-state index in [0.717, 1.165) is 17.8 Å². The predicted octanol–water partition coefficient (Wildman–Crippen LogP) is 3.00. The van der Waals surface area contributed by atoms with Gasteiger partial charge in [-0.2, -0.15) is 5.10 Å². The quantitative estimate of drug-likeness (QED) is 0.514. The molecule has 3 unspecified atom stereocenters. The van der Waals surface area contributed by atoms with Gasteiger partial charge in [0.2, 0.25) is 0 Å². The maximum absolute atomic E-state index is 4.33. The van der Waals surface area contributed by atoms with E-state index in [1.54, 1.807) is 0 Å². The second kappa shape index (κ2) is 3.80. The third-order valence-corrected chi connectivity index (χ3v) is 4.72. The highest BCUT2D eigenvalue weighted by molar-refractivity contribution is 5.57. The maximum Gasteiger partial charge on any atom is 0.0247 e. The van der Waals surface area contributed by atoms with Gasteiger partial charge in [-0.1, -0.05) is 13.8 Å². The third-order valence-electron chi connectivity index (χ3n) is 4.72. The van der Waals surface area contributed by atoms with E-state index in [9.17, 15) is 0 Å². The number of nitrogens with zero attached hydrogens (tertiary/aromatic N) is 2. The van der Waals surface area contributed by atoms with E-state index < -0.39 is 0 Å². The van der Waals surface area contributed by atoms with Crippen molar-refractivity contribution in [3.63, 3.8) is 0 Å². The molecule has 86 valence electrons. The first-order valence-corrected chi connectivity index (χ1v) is 6.21. The molecule has 0 aromatic rings. The minimum absolute atomic E-state index is 0.620. The molecular formula is C13H24N2. The van der Waals surface area contributed by atoms with E-state index >= 15 is 0 Å². The summed E-state index contributed by atoms with van der Waals surface area (Å²) >= 11 is 0. The van der Waals surface area contributed by atoms with Crippen molar-refractivity contribution in [1.29, 1.82) is 0 Å². The summed E-state index contributed by atoms with van der Waals surface area (Å²) in [6, 6.07) is 0. The highest BCUT2D eigenvalue weighted by Gasteiger charge is 2.53. The highest BCUT2D eigenvalue weighted by Crippen LogP contribution is 2.61.